The third-order valence-electron chi connectivity index (χ3n) is 2.91. The summed E-state index contributed by atoms with van der Waals surface area (Å²) >= 11 is 0. The lowest BCUT2D eigenvalue weighted by atomic mass is 10.1. The van der Waals surface area contributed by atoms with E-state index in [1.54, 1.807) is 13.8 Å². The van der Waals surface area contributed by atoms with Gasteiger partial charge in [-0.1, -0.05) is 0 Å². The lowest BCUT2D eigenvalue weighted by Gasteiger charge is -2.35. The molecule has 1 N–H and O–H groups in total. The Morgan fingerprint density at radius 2 is 2.11 bits per heavy atom. The minimum atomic E-state index is -0.924. The summed E-state index contributed by atoms with van der Waals surface area (Å²) in [4.78, 5) is 13.8. The molecular weight excluding hydrogens is 250 g/mol. The van der Waals surface area contributed by atoms with Gasteiger partial charge in [-0.25, -0.2) is 4.79 Å². The van der Waals surface area contributed by atoms with E-state index in [0.29, 0.717) is 13.0 Å². The van der Waals surface area contributed by atoms with Gasteiger partial charge in [-0.2, -0.15) is 0 Å². The molecule has 112 valence electrons. The molecule has 2 unspecified atom stereocenters. The molecule has 1 heterocycles. The van der Waals surface area contributed by atoms with Crippen LogP contribution in [0.15, 0.2) is 0 Å². The average Bonchev–Trinajstić information content (AvgIpc) is 2.51. The molecule has 1 aliphatic heterocycles. The van der Waals surface area contributed by atoms with Crippen molar-refractivity contribution >= 4 is 6.09 Å². The number of aliphatic hydroxyl groups excluding tert-OH is 1. The summed E-state index contributed by atoms with van der Waals surface area (Å²) in [6.45, 7) is 9.40. The second-order valence-electron chi connectivity index (χ2n) is 6.19. The summed E-state index contributed by atoms with van der Waals surface area (Å²) in [5.41, 5.74) is -1.32. The van der Waals surface area contributed by atoms with Gasteiger partial charge in [-0.15, -0.1) is 0 Å². The molecule has 1 saturated heterocycles. The monoisotopic (exact) mass is 275 g/mol. The maximum atomic E-state index is 12.3. The molecule has 6 nitrogen and oxygen atoms in total. The standard InChI is InChI=1S/C13H25NO5/c1-12(2,3)19-11(16)14-9(7-10(15)17-6)8-18-13(14,4)5/h9-10,15H,7-8H2,1-6H3. The molecule has 0 saturated carbocycles. The van der Waals surface area contributed by atoms with Crippen molar-refractivity contribution in [2.24, 2.45) is 0 Å². The molecule has 1 rings (SSSR count). The van der Waals surface area contributed by atoms with Crippen LogP contribution in [-0.4, -0.2) is 53.5 Å². The molecule has 0 radical (unpaired) electrons. The van der Waals surface area contributed by atoms with Crippen LogP contribution in [0.4, 0.5) is 4.79 Å². The Hall–Kier alpha value is -0.850. The average molecular weight is 275 g/mol. The van der Waals surface area contributed by atoms with E-state index >= 15 is 0 Å². The Labute approximate surface area is 114 Å². The van der Waals surface area contributed by atoms with Crippen molar-refractivity contribution in [3.63, 3.8) is 0 Å². The van der Waals surface area contributed by atoms with Gasteiger partial charge < -0.3 is 19.3 Å². The summed E-state index contributed by atoms with van der Waals surface area (Å²) in [5, 5.41) is 9.56. The van der Waals surface area contributed by atoms with Crippen molar-refractivity contribution in [1.82, 2.24) is 4.90 Å². The molecule has 2 atom stereocenters. The Morgan fingerprint density at radius 3 is 2.58 bits per heavy atom. The maximum absolute atomic E-state index is 12.3. The molecule has 1 aliphatic rings. The van der Waals surface area contributed by atoms with E-state index in [2.05, 4.69) is 0 Å². The number of carbonyl (C=O) groups is 1. The predicted octanol–water partition coefficient (Wildman–Crippen LogP) is 1.71. The van der Waals surface area contributed by atoms with Gasteiger partial charge in [0.15, 0.2) is 6.29 Å². The highest BCUT2D eigenvalue weighted by molar-refractivity contribution is 5.69. The highest BCUT2D eigenvalue weighted by atomic mass is 16.6. The minimum Gasteiger partial charge on any atom is -0.444 e. The summed E-state index contributed by atoms with van der Waals surface area (Å²) < 4.78 is 15.8. The Bertz CT molecular complexity index is 323. The first-order chi connectivity index (χ1) is 8.57. The number of hydrogen-bond donors (Lipinski definition) is 1. The Morgan fingerprint density at radius 1 is 1.53 bits per heavy atom. The second-order valence-corrected chi connectivity index (χ2v) is 6.19. The number of ether oxygens (including phenoxy) is 3. The molecule has 1 amide bonds. The molecule has 0 bridgehead atoms. The van der Waals surface area contributed by atoms with E-state index in [0.717, 1.165) is 0 Å². The summed E-state index contributed by atoms with van der Waals surface area (Å²) in [6.07, 6.45) is -1.07. The van der Waals surface area contributed by atoms with Gasteiger partial charge in [-0.3, -0.25) is 4.90 Å². The van der Waals surface area contributed by atoms with E-state index in [-0.39, 0.29) is 6.04 Å². The second kappa shape index (κ2) is 5.64. The molecule has 0 spiro atoms. The number of aliphatic hydroxyl groups is 1. The SMILES string of the molecule is COC(O)CC1COC(C)(C)N1C(=O)OC(C)(C)C. The highest BCUT2D eigenvalue weighted by Gasteiger charge is 2.46. The van der Waals surface area contributed by atoms with Gasteiger partial charge in [0, 0.05) is 13.5 Å². The van der Waals surface area contributed by atoms with Gasteiger partial charge in [-0.05, 0) is 34.6 Å². The van der Waals surface area contributed by atoms with E-state index in [9.17, 15) is 9.90 Å². The normalized spacial score (nSPS) is 24.4. The molecule has 19 heavy (non-hydrogen) atoms. The Kier molecular flexibility index (Phi) is 4.81. The van der Waals surface area contributed by atoms with Crippen LogP contribution in [0, 0.1) is 0 Å². The zero-order valence-corrected chi connectivity index (χ0v) is 12.6. The first-order valence-corrected chi connectivity index (χ1v) is 6.44. The zero-order chi connectivity index (χ0) is 14.8. The van der Waals surface area contributed by atoms with Crippen molar-refractivity contribution < 1.29 is 24.1 Å². The summed E-state index contributed by atoms with van der Waals surface area (Å²) in [5.74, 6) is 0. The van der Waals surface area contributed by atoms with Gasteiger partial charge in [0.25, 0.3) is 0 Å². The number of amides is 1. The highest BCUT2D eigenvalue weighted by Crippen LogP contribution is 2.31. The number of carbonyl (C=O) groups excluding carboxylic acids is 1. The maximum Gasteiger partial charge on any atom is 0.412 e. The predicted molar refractivity (Wildman–Crippen MR) is 69.5 cm³/mol. The number of hydrogen-bond acceptors (Lipinski definition) is 5. The Balaban J connectivity index is 2.81. The smallest absolute Gasteiger partial charge is 0.412 e. The number of rotatable bonds is 3. The third-order valence-corrected chi connectivity index (χ3v) is 2.91. The van der Waals surface area contributed by atoms with Crippen LogP contribution in [0.5, 0.6) is 0 Å². The van der Waals surface area contributed by atoms with Crippen LogP contribution in [0.1, 0.15) is 41.0 Å². The van der Waals surface area contributed by atoms with Crippen LogP contribution in [-0.2, 0) is 14.2 Å². The van der Waals surface area contributed by atoms with E-state index in [4.69, 9.17) is 14.2 Å². The summed E-state index contributed by atoms with van der Waals surface area (Å²) in [6, 6.07) is -0.264. The largest absolute Gasteiger partial charge is 0.444 e. The van der Waals surface area contributed by atoms with Gasteiger partial charge >= 0.3 is 6.09 Å². The first-order valence-electron chi connectivity index (χ1n) is 6.44. The lowest BCUT2D eigenvalue weighted by molar-refractivity contribution is -0.0942. The third kappa shape index (κ3) is 4.33. The quantitative estimate of drug-likeness (QED) is 0.794. The van der Waals surface area contributed by atoms with Crippen molar-refractivity contribution in [3.05, 3.63) is 0 Å². The van der Waals surface area contributed by atoms with Crippen LogP contribution in [0.3, 0.4) is 0 Å². The molecule has 0 aromatic rings. The number of nitrogens with zero attached hydrogens (tertiary/aromatic N) is 1. The van der Waals surface area contributed by atoms with Gasteiger partial charge in [0.1, 0.15) is 11.3 Å². The summed E-state index contributed by atoms with van der Waals surface area (Å²) in [7, 11) is 1.42. The zero-order valence-electron chi connectivity index (χ0n) is 12.6. The molecule has 1 fully saturated rings. The van der Waals surface area contributed by atoms with Crippen LogP contribution in [0.2, 0.25) is 0 Å². The van der Waals surface area contributed by atoms with E-state index < -0.39 is 23.7 Å². The topological polar surface area (TPSA) is 68.2 Å². The molecule has 0 aromatic heterocycles. The fourth-order valence-electron chi connectivity index (χ4n) is 2.07. The molecule has 6 heteroatoms. The minimum absolute atomic E-state index is 0.264. The molecule has 0 aliphatic carbocycles. The van der Waals surface area contributed by atoms with Crippen molar-refractivity contribution in [3.8, 4) is 0 Å². The van der Waals surface area contributed by atoms with Crippen molar-refractivity contribution in [1.29, 1.82) is 0 Å². The molecular formula is C13H25NO5. The fourth-order valence-corrected chi connectivity index (χ4v) is 2.07. The van der Waals surface area contributed by atoms with Crippen LogP contribution < -0.4 is 0 Å². The van der Waals surface area contributed by atoms with E-state index in [1.807, 2.05) is 20.8 Å². The van der Waals surface area contributed by atoms with E-state index in [1.165, 1.54) is 12.0 Å². The van der Waals surface area contributed by atoms with Crippen LogP contribution >= 0.6 is 0 Å². The lowest BCUT2D eigenvalue weighted by Crippen LogP contribution is -2.50. The van der Waals surface area contributed by atoms with Gasteiger partial charge in [0.05, 0.1) is 12.6 Å². The first kappa shape index (κ1) is 16.2. The van der Waals surface area contributed by atoms with Crippen molar-refractivity contribution in [2.75, 3.05) is 13.7 Å². The van der Waals surface area contributed by atoms with Crippen LogP contribution in [0.25, 0.3) is 0 Å². The van der Waals surface area contributed by atoms with Crippen molar-refractivity contribution in [2.45, 2.75) is 64.7 Å². The number of methoxy groups -OCH3 is 1. The van der Waals surface area contributed by atoms with Gasteiger partial charge in [0.2, 0.25) is 0 Å². The molecule has 0 aromatic carbocycles. The fraction of sp³-hybridized carbons (Fsp3) is 0.923.